The lowest BCUT2D eigenvalue weighted by molar-refractivity contribution is 0.414. The van der Waals surface area contributed by atoms with Crippen LogP contribution in [0.5, 0.6) is 17.4 Å². The van der Waals surface area contributed by atoms with Crippen LogP contribution >= 0.6 is 15.9 Å². The molecule has 33 heavy (non-hydrogen) atoms. The smallest absolute Gasteiger partial charge is 0.228 e. The zero-order valence-electron chi connectivity index (χ0n) is 17.5. The summed E-state index contributed by atoms with van der Waals surface area (Å²) < 4.78 is 14.3. The van der Waals surface area contributed by atoms with Gasteiger partial charge in [0.2, 0.25) is 5.88 Å². The van der Waals surface area contributed by atoms with E-state index in [1.807, 2.05) is 24.3 Å². The molecule has 0 radical (unpaired) electrons. The molecular weight excluding hydrogens is 482 g/mol. The van der Waals surface area contributed by atoms with Crippen LogP contribution in [-0.2, 0) is 6.42 Å². The van der Waals surface area contributed by atoms with E-state index in [2.05, 4.69) is 67.4 Å². The normalized spacial score (nSPS) is 14.4. The van der Waals surface area contributed by atoms with Crippen molar-refractivity contribution in [1.29, 1.82) is 5.26 Å². The number of aromatic nitrogens is 4. The van der Waals surface area contributed by atoms with Gasteiger partial charge in [0.15, 0.2) is 11.5 Å². The Morgan fingerprint density at radius 2 is 1.97 bits per heavy atom. The molecule has 5 aromatic rings. The summed E-state index contributed by atoms with van der Waals surface area (Å²) >= 11 is 3.58. The van der Waals surface area contributed by atoms with Crippen LogP contribution in [-0.4, -0.2) is 26.7 Å². The van der Waals surface area contributed by atoms with Crippen LogP contribution in [0, 0.1) is 11.3 Å². The van der Waals surface area contributed by atoms with Gasteiger partial charge in [0.1, 0.15) is 17.8 Å². The van der Waals surface area contributed by atoms with E-state index in [0.717, 1.165) is 43.4 Å². The lowest BCUT2D eigenvalue weighted by Gasteiger charge is -2.29. The van der Waals surface area contributed by atoms with Crippen molar-refractivity contribution in [1.82, 2.24) is 19.6 Å². The summed E-state index contributed by atoms with van der Waals surface area (Å²) in [7, 11) is 1.65. The van der Waals surface area contributed by atoms with Crippen LogP contribution in [0.2, 0.25) is 0 Å². The van der Waals surface area contributed by atoms with Gasteiger partial charge in [-0.15, -0.1) is 5.10 Å². The van der Waals surface area contributed by atoms with Gasteiger partial charge in [0.25, 0.3) is 0 Å². The third-order valence-electron chi connectivity index (χ3n) is 5.88. The van der Waals surface area contributed by atoms with Crippen LogP contribution in [0.25, 0.3) is 16.4 Å². The van der Waals surface area contributed by atoms with E-state index >= 15 is 0 Å². The van der Waals surface area contributed by atoms with Crippen molar-refractivity contribution in [3.05, 3.63) is 87.9 Å². The largest absolute Gasteiger partial charge is 0.497 e. The first-order chi connectivity index (χ1) is 16.2. The van der Waals surface area contributed by atoms with Gasteiger partial charge in [0.05, 0.1) is 25.2 Å². The Kier molecular flexibility index (Phi) is 4.52. The zero-order chi connectivity index (χ0) is 22.5. The maximum absolute atomic E-state index is 9.14. The van der Waals surface area contributed by atoms with Crippen molar-refractivity contribution in [2.24, 2.45) is 0 Å². The third-order valence-corrected chi connectivity index (χ3v) is 6.38. The molecule has 0 saturated heterocycles. The predicted molar refractivity (Wildman–Crippen MR) is 126 cm³/mol. The molecule has 8 heteroatoms. The second-order valence-electron chi connectivity index (χ2n) is 7.75. The number of rotatable bonds is 3. The van der Waals surface area contributed by atoms with E-state index in [9.17, 15) is 0 Å². The minimum atomic E-state index is -0.199. The van der Waals surface area contributed by atoms with Gasteiger partial charge in [-0.25, -0.2) is 14.5 Å². The van der Waals surface area contributed by atoms with Gasteiger partial charge in [-0.1, -0.05) is 40.2 Å². The van der Waals surface area contributed by atoms with E-state index in [1.54, 1.807) is 18.0 Å². The molecule has 2 aromatic heterocycles. The molecule has 160 valence electrons. The molecule has 1 unspecified atom stereocenters. The summed E-state index contributed by atoms with van der Waals surface area (Å²) in [5.74, 6) is 2.28. The van der Waals surface area contributed by atoms with Crippen LogP contribution in [0.3, 0.4) is 0 Å². The number of nitriles is 1. The number of fused-ring (bicyclic) bond motifs is 6. The van der Waals surface area contributed by atoms with E-state index in [-0.39, 0.29) is 12.3 Å². The fourth-order valence-corrected chi connectivity index (χ4v) is 4.83. The van der Waals surface area contributed by atoms with E-state index in [1.165, 1.54) is 0 Å². The number of halogens is 1. The molecule has 6 rings (SSSR count). The molecule has 7 nitrogen and oxygen atoms in total. The van der Waals surface area contributed by atoms with Crippen molar-refractivity contribution in [2.45, 2.75) is 12.3 Å². The summed E-state index contributed by atoms with van der Waals surface area (Å²) in [6.07, 6.45) is 1.70. The summed E-state index contributed by atoms with van der Waals surface area (Å²) in [6.45, 7) is 0. The van der Waals surface area contributed by atoms with Crippen LogP contribution in [0.15, 0.2) is 65.4 Å². The van der Waals surface area contributed by atoms with Crippen molar-refractivity contribution >= 4 is 32.3 Å². The van der Waals surface area contributed by atoms with Gasteiger partial charge in [-0.3, -0.25) is 0 Å². The van der Waals surface area contributed by atoms with Crippen molar-refractivity contribution in [2.75, 3.05) is 7.11 Å². The fraction of sp³-hybridized carbons (Fsp3) is 0.120. The highest BCUT2D eigenvalue weighted by Crippen LogP contribution is 2.50. The molecule has 1 aliphatic rings. The second kappa shape index (κ2) is 7.57. The molecule has 0 bridgehead atoms. The Balaban J connectivity index is 1.68. The predicted octanol–water partition coefficient (Wildman–Crippen LogP) is 5.40. The Hall–Kier alpha value is -3.96. The maximum atomic E-state index is 9.14. The zero-order valence-corrected chi connectivity index (χ0v) is 19.1. The van der Waals surface area contributed by atoms with Crippen molar-refractivity contribution < 1.29 is 9.47 Å². The number of benzene rings is 3. The number of methoxy groups -OCH3 is 1. The lowest BCUT2D eigenvalue weighted by Crippen LogP contribution is -2.15. The summed E-state index contributed by atoms with van der Waals surface area (Å²) in [5, 5.41) is 15.8. The Labute approximate surface area is 197 Å². The van der Waals surface area contributed by atoms with Gasteiger partial charge < -0.3 is 9.47 Å². The molecule has 1 atom stereocenters. The van der Waals surface area contributed by atoms with Crippen LogP contribution < -0.4 is 9.47 Å². The van der Waals surface area contributed by atoms with Crippen LogP contribution in [0.4, 0.5) is 0 Å². The van der Waals surface area contributed by atoms with Crippen molar-refractivity contribution in [3.8, 4) is 23.4 Å². The Morgan fingerprint density at radius 1 is 1.12 bits per heavy atom. The highest BCUT2D eigenvalue weighted by atomic mass is 79.9. The summed E-state index contributed by atoms with van der Waals surface area (Å²) in [4.78, 5) is 9.22. The van der Waals surface area contributed by atoms with Crippen molar-refractivity contribution in [3.63, 3.8) is 0 Å². The topological polar surface area (TPSA) is 85.3 Å². The standard InChI is InChI=1S/C25H16BrN5O2/c1-32-17-6-2-14(3-7-17)21-22-18-8-5-16(26)12-15(18)4-9-19(22)33-25-23(21)24-29-20(10-11-27)30-31(24)13-28-25/h2-9,12-13,21H,10H2,1H3. The first-order valence-electron chi connectivity index (χ1n) is 10.3. The molecule has 0 saturated carbocycles. The SMILES string of the molecule is COc1ccc(C2c3c(ccc4cc(Br)ccc34)Oc3ncn4nc(CC#N)nc4c32)cc1. The van der Waals surface area contributed by atoms with Crippen LogP contribution in [0.1, 0.15) is 28.4 Å². The molecule has 3 heterocycles. The van der Waals surface area contributed by atoms with Gasteiger partial charge in [-0.05, 0) is 46.7 Å². The first-order valence-corrected chi connectivity index (χ1v) is 11.1. The first kappa shape index (κ1) is 19.7. The van der Waals surface area contributed by atoms with Gasteiger partial charge in [-0.2, -0.15) is 5.26 Å². The minimum absolute atomic E-state index is 0.123. The summed E-state index contributed by atoms with van der Waals surface area (Å²) in [6, 6.07) is 20.4. The lowest BCUT2D eigenvalue weighted by atomic mass is 9.81. The van der Waals surface area contributed by atoms with E-state index < -0.39 is 0 Å². The molecule has 0 N–H and O–H groups in total. The number of ether oxygens (including phenoxy) is 2. The quantitative estimate of drug-likeness (QED) is 0.325. The fourth-order valence-electron chi connectivity index (χ4n) is 4.45. The van der Waals surface area contributed by atoms with E-state index in [0.29, 0.717) is 17.4 Å². The Bertz CT molecular complexity index is 1590. The number of hydrogen-bond donors (Lipinski definition) is 0. The monoisotopic (exact) mass is 497 g/mol. The number of nitrogens with zero attached hydrogens (tertiary/aromatic N) is 5. The van der Waals surface area contributed by atoms with Gasteiger partial charge in [0, 0.05) is 16.0 Å². The molecule has 3 aromatic carbocycles. The summed E-state index contributed by atoms with van der Waals surface area (Å²) in [5.41, 5.74) is 3.54. The molecule has 1 aliphatic heterocycles. The highest BCUT2D eigenvalue weighted by molar-refractivity contribution is 9.10. The molecule has 0 spiro atoms. The average Bonchev–Trinajstić information content (AvgIpc) is 3.25. The average molecular weight is 498 g/mol. The Morgan fingerprint density at radius 3 is 2.76 bits per heavy atom. The molecule has 0 fully saturated rings. The second-order valence-corrected chi connectivity index (χ2v) is 8.66. The third kappa shape index (κ3) is 3.12. The highest BCUT2D eigenvalue weighted by Gasteiger charge is 2.34. The maximum Gasteiger partial charge on any atom is 0.228 e. The van der Waals surface area contributed by atoms with Gasteiger partial charge >= 0.3 is 0 Å². The molecule has 0 amide bonds. The minimum Gasteiger partial charge on any atom is -0.497 e. The number of hydrogen-bond acceptors (Lipinski definition) is 6. The molecule has 0 aliphatic carbocycles. The molecular formula is C25H16BrN5O2. The van der Waals surface area contributed by atoms with E-state index in [4.69, 9.17) is 14.7 Å².